The lowest BCUT2D eigenvalue weighted by atomic mass is 10.1. The summed E-state index contributed by atoms with van der Waals surface area (Å²) in [7, 11) is -3.37. The Balaban J connectivity index is 1.60. The Kier molecular flexibility index (Phi) is 6.75. The Hall–Kier alpha value is -1.48. The molecule has 1 saturated heterocycles. The number of nitrogens with zero attached hydrogens (tertiary/aromatic N) is 1. The molecule has 0 atom stereocenters. The van der Waals surface area contributed by atoms with Gasteiger partial charge in [0.1, 0.15) is 0 Å². The number of sulfonamides is 1. The topological polar surface area (TPSA) is 61.4 Å². The highest BCUT2D eigenvalue weighted by Crippen LogP contribution is 2.25. The molecule has 1 aliphatic heterocycles. The van der Waals surface area contributed by atoms with Crippen LogP contribution in [0.1, 0.15) is 29.5 Å². The van der Waals surface area contributed by atoms with Gasteiger partial charge in [0.2, 0.25) is 10.0 Å². The molecule has 0 amide bonds. The number of hydrogen-bond acceptors (Lipinski definition) is 3. The fourth-order valence-electron chi connectivity index (χ4n) is 3.30. The van der Waals surface area contributed by atoms with Crippen LogP contribution in [-0.4, -0.2) is 30.9 Å². The molecule has 0 unspecified atom stereocenters. The van der Waals surface area contributed by atoms with Crippen LogP contribution < -0.4 is 10.6 Å². The van der Waals surface area contributed by atoms with Crippen molar-refractivity contribution in [2.45, 2.75) is 38.1 Å². The highest BCUT2D eigenvalue weighted by molar-refractivity contribution is 9.10. The normalized spacial score (nSPS) is 14.8. The van der Waals surface area contributed by atoms with E-state index in [1.165, 1.54) is 0 Å². The number of rotatable bonds is 5. The van der Waals surface area contributed by atoms with Crippen molar-refractivity contribution in [3.63, 3.8) is 0 Å². The van der Waals surface area contributed by atoms with E-state index in [-0.39, 0.29) is 0 Å². The van der Waals surface area contributed by atoms with E-state index in [9.17, 15) is 8.42 Å². The first-order valence-electron chi connectivity index (χ1n) is 9.18. The zero-order valence-corrected chi connectivity index (χ0v) is 19.2. The van der Waals surface area contributed by atoms with Gasteiger partial charge in [0.05, 0.1) is 4.90 Å². The Morgan fingerprint density at radius 2 is 1.68 bits per heavy atom. The standard InChI is InChI=1S/C20H24BrN3O2S2/c1-14-11-17(21)12-15(2)19(14)23-20(27)22-13-16-5-7-18(8-6-16)28(25,26)24-9-3-4-10-24/h5-8,11-12H,3-4,9-10,13H2,1-2H3,(H2,22,23,27). The van der Waals surface area contributed by atoms with Crippen molar-refractivity contribution in [1.82, 2.24) is 9.62 Å². The zero-order valence-electron chi connectivity index (χ0n) is 16.0. The number of thiocarbonyl (C=S) groups is 1. The first-order chi connectivity index (χ1) is 13.3. The fourth-order valence-corrected chi connectivity index (χ4v) is 5.68. The average Bonchev–Trinajstić information content (AvgIpc) is 3.19. The Morgan fingerprint density at radius 1 is 1.11 bits per heavy atom. The quantitative estimate of drug-likeness (QED) is 0.621. The van der Waals surface area contributed by atoms with E-state index >= 15 is 0 Å². The molecule has 0 radical (unpaired) electrons. The maximum absolute atomic E-state index is 12.6. The van der Waals surface area contributed by atoms with E-state index in [0.29, 0.717) is 29.6 Å². The minimum absolute atomic E-state index is 0.347. The molecule has 1 aliphatic rings. The van der Waals surface area contributed by atoms with E-state index in [1.807, 2.05) is 38.1 Å². The molecule has 5 nitrogen and oxygen atoms in total. The zero-order chi connectivity index (χ0) is 20.3. The van der Waals surface area contributed by atoms with Gasteiger partial charge in [-0.15, -0.1) is 0 Å². The third kappa shape index (κ3) is 4.92. The Bertz CT molecular complexity index is 946. The molecule has 2 aromatic carbocycles. The van der Waals surface area contributed by atoms with Crippen LogP contribution in [0.2, 0.25) is 0 Å². The third-order valence-electron chi connectivity index (χ3n) is 4.82. The summed E-state index contributed by atoms with van der Waals surface area (Å²) in [4.78, 5) is 0.347. The van der Waals surface area contributed by atoms with Gasteiger partial charge >= 0.3 is 0 Å². The highest BCUT2D eigenvalue weighted by atomic mass is 79.9. The largest absolute Gasteiger partial charge is 0.358 e. The van der Waals surface area contributed by atoms with Crippen molar-refractivity contribution in [1.29, 1.82) is 0 Å². The molecule has 3 rings (SSSR count). The van der Waals surface area contributed by atoms with Gasteiger partial charge in [0.15, 0.2) is 5.11 Å². The first kappa shape index (κ1) is 21.2. The van der Waals surface area contributed by atoms with Gasteiger partial charge < -0.3 is 10.6 Å². The maximum atomic E-state index is 12.6. The van der Waals surface area contributed by atoms with E-state index < -0.39 is 10.0 Å². The molecular formula is C20H24BrN3O2S2. The van der Waals surface area contributed by atoms with E-state index in [4.69, 9.17) is 12.2 Å². The number of hydrogen-bond donors (Lipinski definition) is 2. The number of aryl methyl sites for hydroxylation is 2. The summed E-state index contributed by atoms with van der Waals surface area (Å²) in [5.74, 6) is 0. The van der Waals surface area contributed by atoms with Crippen molar-refractivity contribution in [2.75, 3.05) is 18.4 Å². The summed E-state index contributed by atoms with van der Waals surface area (Å²) in [6.45, 7) is 5.80. The summed E-state index contributed by atoms with van der Waals surface area (Å²) in [5.41, 5.74) is 4.17. The van der Waals surface area contributed by atoms with Gasteiger partial charge in [-0.2, -0.15) is 4.31 Å². The first-order valence-corrected chi connectivity index (χ1v) is 11.8. The number of halogens is 1. The Labute approximate surface area is 180 Å². The summed E-state index contributed by atoms with van der Waals surface area (Å²) >= 11 is 8.90. The van der Waals surface area contributed by atoms with Gasteiger partial charge in [0, 0.05) is 29.8 Å². The van der Waals surface area contributed by atoms with E-state index in [0.717, 1.165) is 39.7 Å². The minimum atomic E-state index is -3.37. The summed E-state index contributed by atoms with van der Waals surface area (Å²) < 4.78 is 27.8. The van der Waals surface area contributed by atoms with Crippen LogP contribution in [0.25, 0.3) is 0 Å². The lowest BCUT2D eigenvalue weighted by molar-refractivity contribution is 0.477. The molecule has 0 spiro atoms. The highest BCUT2D eigenvalue weighted by Gasteiger charge is 2.26. The second-order valence-corrected chi connectivity index (χ2v) is 10.2. The molecule has 0 aliphatic carbocycles. The number of anilines is 1. The minimum Gasteiger partial charge on any atom is -0.358 e. The lowest BCUT2D eigenvalue weighted by Crippen LogP contribution is -2.29. The molecule has 1 heterocycles. The van der Waals surface area contributed by atoms with Crippen LogP contribution in [0, 0.1) is 13.8 Å². The summed E-state index contributed by atoms with van der Waals surface area (Å²) in [6.07, 6.45) is 1.87. The second kappa shape index (κ2) is 8.90. The SMILES string of the molecule is Cc1cc(Br)cc(C)c1NC(=S)NCc1ccc(S(=O)(=O)N2CCCC2)cc1. The van der Waals surface area contributed by atoms with Gasteiger partial charge in [0.25, 0.3) is 0 Å². The molecular weight excluding hydrogens is 458 g/mol. The van der Waals surface area contributed by atoms with Crippen molar-refractivity contribution >= 4 is 49.0 Å². The molecule has 1 fully saturated rings. The molecule has 2 N–H and O–H groups in total. The lowest BCUT2D eigenvalue weighted by Gasteiger charge is -2.16. The van der Waals surface area contributed by atoms with Crippen LogP contribution in [0.3, 0.4) is 0 Å². The molecule has 150 valence electrons. The van der Waals surface area contributed by atoms with Crippen LogP contribution >= 0.6 is 28.1 Å². The second-order valence-electron chi connectivity index (χ2n) is 6.98. The average molecular weight is 482 g/mol. The molecule has 8 heteroatoms. The van der Waals surface area contributed by atoms with Crippen molar-refractivity contribution in [2.24, 2.45) is 0 Å². The summed E-state index contributed by atoms with van der Waals surface area (Å²) in [6, 6.07) is 11.1. The van der Waals surface area contributed by atoms with Crippen LogP contribution in [0.15, 0.2) is 45.8 Å². The third-order valence-corrected chi connectivity index (χ3v) is 7.43. The van der Waals surface area contributed by atoms with Gasteiger partial charge in [-0.3, -0.25) is 0 Å². The van der Waals surface area contributed by atoms with Crippen LogP contribution in [0.4, 0.5) is 5.69 Å². The van der Waals surface area contributed by atoms with Gasteiger partial charge in [-0.25, -0.2) is 8.42 Å². The predicted molar refractivity (Wildman–Crippen MR) is 121 cm³/mol. The molecule has 0 bridgehead atoms. The maximum Gasteiger partial charge on any atom is 0.243 e. The molecule has 2 aromatic rings. The van der Waals surface area contributed by atoms with Gasteiger partial charge in [-0.05, 0) is 79.9 Å². The van der Waals surface area contributed by atoms with Crippen LogP contribution in [-0.2, 0) is 16.6 Å². The fraction of sp³-hybridized carbons (Fsp3) is 0.350. The molecule has 0 saturated carbocycles. The van der Waals surface area contributed by atoms with E-state index in [2.05, 4.69) is 26.6 Å². The van der Waals surface area contributed by atoms with Crippen molar-refractivity contribution in [3.8, 4) is 0 Å². The van der Waals surface area contributed by atoms with Crippen molar-refractivity contribution < 1.29 is 8.42 Å². The number of benzene rings is 2. The van der Waals surface area contributed by atoms with Crippen molar-refractivity contribution in [3.05, 3.63) is 57.6 Å². The predicted octanol–water partition coefficient (Wildman–Crippen LogP) is 4.34. The monoisotopic (exact) mass is 481 g/mol. The summed E-state index contributed by atoms with van der Waals surface area (Å²) in [5, 5.41) is 6.95. The molecule has 0 aromatic heterocycles. The number of nitrogens with one attached hydrogen (secondary N) is 2. The van der Waals surface area contributed by atoms with Crippen LogP contribution in [0.5, 0.6) is 0 Å². The van der Waals surface area contributed by atoms with E-state index in [1.54, 1.807) is 16.4 Å². The Morgan fingerprint density at radius 3 is 2.25 bits per heavy atom. The smallest absolute Gasteiger partial charge is 0.243 e. The van der Waals surface area contributed by atoms with Gasteiger partial charge in [-0.1, -0.05) is 28.1 Å². The molecule has 28 heavy (non-hydrogen) atoms.